The molecule has 0 saturated carbocycles. The molecule has 2 aromatic rings. The molecular weight excluding hydrogens is 375 g/mol. The number of alkyl halides is 3. The fourth-order valence-corrected chi connectivity index (χ4v) is 2.56. The van der Waals surface area contributed by atoms with Crippen LogP contribution in [-0.2, 0) is 5.66 Å². The second kappa shape index (κ2) is 7.64. The minimum absolute atomic E-state index is 0.0700. The number of amidine groups is 1. The highest BCUT2D eigenvalue weighted by Crippen LogP contribution is 2.33. The third-order valence-electron chi connectivity index (χ3n) is 4.13. The van der Waals surface area contributed by atoms with E-state index in [1.54, 1.807) is 6.07 Å². The van der Waals surface area contributed by atoms with Gasteiger partial charge in [0.1, 0.15) is 0 Å². The number of hydrogen-bond acceptors (Lipinski definition) is 8. The summed E-state index contributed by atoms with van der Waals surface area (Å²) in [6, 6.07) is 12.6. The first-order valence-electron chi connectivity index (χ1n) is 8.32. The van der Waals surface area contributed by atoms with Gasteiger partial charge in [-0.2, -0.15) is 13.2 Å². The molecular formula is C17H20F3N7O. The Labute approximate surface area is 158 Å². The maximum absolute atomic E-state index is 13.0. The van der Waals surface area contributed by atoms with Crippen LogP contribution in [0.3, 0.4) is 0 Å². The summed E-state index contributed by atoms with van der Waals surface area (Å²) in [4.78, 5) is 0. The predicted molar refractivity (Wildman–Crippen MR) is 98.9 cm³/mol. The number of hydrogen-bond donors (Lipinski definition) is 6. The Morgan fingerprint density at radius 3 is 2.39 bits per heavy atom. The summed E-state index contributed by atoms with van der Waals surface area (Å²) in [5.74, 6) is 0.521. The molecule has 28 heavy (non-hydrogen) atoms. The van der Waals surface area contributed by atoms with E-state index in [1.807, 2.05) is 18.2 Å². The zero-order valence-corrected chi connectivity index (χ0v) is 14.7. The number of nitrogens with zero attached hydrogens (tertiary/aromatic N) is 2. The van der Waals surface area contributed by atoms with E-state index in [9.17, 15) is 13.2 Å². The minimum atomic E-state index is -4.77. The van der Waals surface area contributed by atoms with Crippen molar-refractivity contribution in [3.05, 3.63) is 59.7 Å². The van der Waals surface area contributed by atoms with Gasteiger partial charge in [-0.3, -0.25) is 5.43 Å². The fourth-order valence-electron chi connectivity index (χ4n) is 2.56. The largest absolute Gasteiger partial charge is 0.423 e. The van der Waals surface area contributed by atoms with E-state index >= 15 is 0 Å². The number of hydrazine groups is 2. The smallest absolute Gasteiger partial charge is 0.394 e. The second-order valence-corrected chi connectivity index (χ2v) is 6.15. The standard InChI is InChI=1S/C17H20F3N7O/c18-17(19,20)16(21,22)11-5-7-12(8-6-11)23-14-4-2-1-3-13(14)15-24-26-27(25-15)9-10-28/h1-8,23,26,28H,9-10,21-22H2,(H,24,25). The highest BCUT2D eigenvalue weighted by atomic mass is 19.4. The van der Waals surface area contributed by atoms with Gasteiger partial charge in [-0.05, 0) is 29.8 Å². The normalized spacial score (nSPS) is 14.6. The predicted octanol–water partition coefficient (Wildman–Crippen LogP) is 1.04. The van der Waals surface area contributed by atoms with E-state index in [0.717, 1.165) is 5.56 Å². The van der Waals surface area contributed by atoms with Crippen molar-refractivity contribution >= 4 is 17.2 Å². The van der Waals surface area contributed by atoms with Gasteiger partial charge in [0.25, 0.3) is 0 Å². The Bertz CT molecular complexity index is 853. The molecule has 0 radical (unpaired) electrons. The first-order valence-corrected chi connectivity index (χ1v) is 8.32. The summed E-state index contributed by atoms with van der Waals surface area (Å²) >= 11 is 0. The molecule has 0 atom stereocenters. The van der Waals surface area contributed by atoms with E-state index in [-0.39, 0.29) is 12.2 Å². The zero-order chi connectivity index (χ0) is 20.4. The van der Waals surface area contributed by atoms with Crippen molar-refractivity contribution in [3.8, 4) is 0 Å². The van der Waals surface area contributed by atoms with Crippen molar-refractivity contribution in [3.63, 3.8) is 0 Å². The van der Waals surface area contributed by atoms with Gasteiger partial charge in [0.05, 0.1) is 13.2 Å². The number of β-amino-alcohol motifs (C(OH)–C–C–N with tert-alkyl or cyclic N) is 1. The molecule has 11 heteroatoms. The van der Waals surface area contributed by atoms with Crippen LogP contribution in [0.4, 0.5) is 24.5 Å². The van der Waals surface area contributed by atoms with Crippen molar-refractivity contribution in [2.45, 2.75) is 11.8 Å². The lowest BCUT2D eigenvalue weighted by Gasteiger charge is -2.27. The summed E-state index contributed by atoms with van der Waals surface area (Å²) in [5.41, 5.74) is 15.0. The Morgan fingerprint density at radius 2 is 1.75 bits per heavy atom. The molecule has 1 aliphatic heterocycles. The molecule has 0 amide bonds. The number of aliphatic hydroxyl groups is 1. The topological polar surface area (TPSA) is 124 Å². The molecule has 1 heterocycles. The molecule has 3 rings (SSSR count). The molecule has 0 unspecified atom stereocenters. The van der Waals surface area contributed by atoms with Crippen LogP contribution in [0.2, 0.25) is 0 Å². The van der Waals surface area contributed by atoms with Gasteiger partial charge in [-0.1, -0.05) is 24.3 Å². The maximum Gasteiger partial charge on any atom is 0.423 e. The Morgan fingerprint density at radius 1 is 1.07 bits per heavy atom. The Hall–Kier alpha value is -2.86. The monoisotopic (exact) mass is 395 g/mol. The van der Waals surface area contributed by atoms with Crippen LogP contribution in [0.15, 0.2) is 53.6 Å². The van der Waals surface area contributed by atoms with Crippen molar-refractivity contribution in [1.29, 1.82) is 0 Å². The summed E-state index contributed by atoms with van der Waals surface area (Å²) in [7, 11) is 0. The van der Waals surface area contributed by atoms with Gasteiger partial charge in [-0.15, -0.1) is 10.6 Å². The summed E-state index contributed by atoms with van der Waals surface area (Å²) in [5, 5.41) is 17.9. The number of rotatable bonds is 6. The Kier molecular flexibility index (Phi) is 5.42. The van der Waals surface area contributed by atoms with Gasteiger partial charge < -0.3 is 21.9 Å². The lowest BCUT2D eigenvalue weighted by molar-refractivity contribution is -0.188. The van der Waals surface area contributed by atoms with Crippen LogP contribution >= 0.6 is 0 Å². The molecule has 8 nitrogen and oxygen atoms in total. The third kappa shape index (κ3) is 4.02. The van der Waals surface area contributed by atoms with Crippen LogP contribution < -0.4 is 27.7 Å². The third-order valence-corrected chi connectivity index (χ3v) is 4.13. The van der Waals surface area contributed by atoms with Crippen molar-refractivity contribution in [2.75, 3.05) is 18.5 Å². The molecule has 0 saturated heterocycles. The molecule has 0 bridgehead atoms. The quantitative estimate of drug-likeness (QED) is 0.404. The van der Waals surface area contributed by atoms with E-state index in [4.69, 9.17) is 16.6 Å². The Balaban J connectivity index is 1.81. The summed E-state index contributed by atoms with van der Waals surface area (Å²) < 4.78 is 38.9. The molecule has 0 aromatic heterocycles. The molecule has 1 aliphatic rings. The van der Waals surface area contributed by atoms with E-state index in [1.165, 1.54) is 29.4 Å². The molecule has 0 fully saturated rings. The van der Waals surface area contributed by atoms with Gasteiger partial charge in [-0.25, -0.2) is 5.12 Å². The average molecular weight is 395 g/mol. The van der Waals surface area contributed by atoms with Gasteiger partial charge in [0.15, 0.2) is 11.5 Å². The van der Waals surface area contributed by atoms with Gasteiger partial charge in [0.2, 0.25) is 0 Å². The number of hydrazone groups is 1. The van der Waals surface area contributed by atoms with E-state index < -0.39 is 11.8 Å². The van der Waals surface area contributed by atoms with Gasteiger partial charge in [0, 0.05) is 16.9 Å². The van der Waals surface area contributed by atoms with Gasteiger partial charge >= 0.3 is 6.18 Å². The number of nitrogens with one attached hydrogen (secondary N) is 3. The molecule has 0 spiro atoms. The van der Waals surface area contributed by atoms with Crippen LogP contribution in [0.25, 0.3) is 0 Å². The summed E-state index contributed by atoms with van der Waals surface area (Å²) in [6.07, 6.45) is -4.77. The van der Waals surface area contributed by atoms with Crippen molar-refractivity contribution < 1.29 is 18.3 Å². The van der Waals surface area contributed by atoms with Crippen LogP contribution in [0.5, 0.6) is 0 Å². The number of nitrogens with two attached hydrogens (primary N) is 2. The summed E-state index contributed by atoms with van der Waals surface area (Å²) in [6.45, 7) is 0.228. The number of aliphatic hydroxyl groups excluding tert-OH is 1. The van der Waals surface area contributed by atoms with Crippen LogP contribution in [0, 0.1) is 0 Å². The number of benzene rings is 2. The molecule has 0 aliphatic carbocycles. The number of para-hydroxylation sites is 1. The second-order valence-electron chi connectivity index (χ2n) is 6.15. The highest BCUT2D eigenvalue weighted by molar-refractivity contribution is 6.04. The zero-order valence-electron chi connectivity index (χ0n) is 14.7. The molecule has 2 aromatic carbocycles. The first-order chi connectivity index (χ1) is 13.2. The van der Waals surface area contributed by atoms with E-state index in [2.05, 4.69) is 21.4 Å². The average Bonchev–Trinajstić information content (AvgIpc) is 3.10. The minimum Gasteiger partial charge on any atom is -0.394 e. The lowest BCUT2D eigenvalue weighted by Crippen LogP contribution is -2.57. The fraction of sp³-hybridized carbons (Fsp3) is 0.235. The van der Waals surface area contributed by atoms with Crippen LogP contribution in [0.1, 0.15) is 11.1 Å². The SMILES string of the molecule is NC(N)(c1ccc(Nc2ccccc2C2=NN(CCO)NN2)cc1)C(F)(F)F. The van der Waals surface area contributed by atoms with Crippen molar-refractivity contribution in [2.24, 2.45) is 16.6 Å². The van der Waals surface area contributed by atoms with Crippen molar-refractivity contribution in [1.82, 2.24) is 16.1 Å². The highest BCUT2D eigenvalue weighted by Gasteiger charge is 2.50. The molecule has 150 valence electrons. The first kappa shape index (κ1) is 19.9. The molecule has 8 N–H and O–H groups in total. The number of halogens is 3. The van der Waals surface area contributed by atoms with Crippen LogP contribution in [-0.4, -0.2) is 35.4 Å². The lowest BCUT2D eigenvalue weighted by atomic mass is 10.0. The van der Waals surface area contributed by atoms with E-state index in [0.29, 0.717) is 23.8 Å². The maximum atomic E-state index is 13.0. The number of anilines is 2.